The Kier molecular flexibility index (Phi) is 6.32. The Labute approximate surface area is 210 Å². The summed E-state index contributed by atoms with van der Waals surface area (Å²) in [5.74, 6) is 0.869. The van der Waals surface area contributed by atoms with Gasteiger partial charge in [0.1, 0.15) is 5.75 Å². The van der Waals surface area contributed by atoms with Crippen LogP contribution in [0.25, 0.3) is 22.2 Å². The monoisotopic (exact) mass is 481 g/mol. The van der Waals surface area contributed by atoms with Crippen LogP contribution >= 0.6 is 0 Å². The van der Waals surface area contributed by atoms with E-state index in [0.717, 1.165) is 71.6 Å². The Morgan fingerprint density at radius 2 is 1.83 bits per heavy atom. The van der Waals surface area contributed by atoms with Crippen molar-refractivity contribution in [1.29, 1.82) is 0 Å². The summed E-state index contributed by atoms with van der Waals surface area (Å²) in [6, 6.07) is 24.8. The first-order chi connectivity index (χ1) is 17.7. The molecule has 184 valence electrons. The van der Waals surface area contributed by atoms with Crippen LogP contribution in [0.15, 0.2) is 72.8 Å². The molecule has 7 nitrogen and oxygen atoms in total. The lowest BCUT2D eigenvalue weighted by atomic mass is 10.0. The van der Waals surface area contributed by atoms with Crippen molar-refractivity contribution >= 4 is 22.5 Å². The minimum atomic E-state index is 0.0000660. The van der Waals surface area contributed by atoms with Crippen LogP contribution in [0.5, 0.6) is 5.75 Å². The van der Waals surface area contributed by atoms with Crippen molar-refractivity contribution in [2.45, 2.75) is 18.9 Å². The van der Waals surface area contributed by atoms with Gasteiger partial charge >= 0.3 is 0 Å². The molecule has 3 aromatic carbocycles. The van der Waals surface area contributed by atoms with Gasteiger partial charge in [-0.05, 0) is 72.5 Å². The second-order valence-electron chi connectivity index (χ2n) is 9.45. The first kappa shape index (κ1) is 22.6. The number of H-pyrrole nitrogens is 1. The van der Waals surface area contributed by atoms with Crippen LogP contribution in [0.4, 0.5) is 5.69 Å². The molecule has 1 fully saturated rings. The number of amides is 1. The number of hydrazine groups is 1. The van der Waals surface area contributed by atoms with Gasteiger partial charge in [0, 0.05) is 60.1 Å². The van der Waals surface area contributed by atoms with E-state index in [1.807, 2.05) is 48.5 Å². The molecule has 0 saturated carbocycles. The Morgan fingerprint density at radius 1 is 0.972 bits per heavy atom. The van der Waals surface area contributed by atoms with Gasteiger partial charge < -0.3 is 25.8 Å². The summed E-state index contributed by atoms with van der Waals surface area (Å²) in [5, 5.41) is 9.92. The van der Waals surface area contributed by atoms with E-state index in [4.69, 9.17) is 4.74 Å². The minimum Gasteiger partial charge on any atom is -0.494 e. The molecule has 4 N–H and O–H groups in total. The van der Waals surface area contributed by atoms with Gasteiger partial charge in [-0.25, -0.2) is 5.01 Å². The van der Waals surface area contributed by atoms with Crippen LogP contribution in [0.3, 0.4) is 0 Å². The van der Waals surface area contributed by atoms with Gasteiger partial charge in [0.15, 0.2) is 0 Å². The molecule has 0 bridgehead atoms. The molecule has 6 rings (SSSR count). The summed E-state index contributed by atoms with van der Waals surface area (Å²) >= 11 is 0. The van der Waals surface area contributed by atoms with Crippen LogP contribution < -0.4 is 20.8 Å². The van der Waals surface area contributed by atoms with E-state index in [2.05, 4.69) is 50.3 Å². The number of rotatable bonds is 7. The van der Waals surface area contributed by atoms with Gasteiger partial charge in [0.05, 0.1) is 6.61 Å². The second kappa shape index (κ2) is 10.0. The molecule has 1 aromatic heterocycles. The summed E-state index contributed by atoms with van der Waals surface area (Å²) in [4.78, 5) is 16.0. The summed E-state index contributed by atoms with van der Waals surface area (Å²) < 4.78 is 6.09. The fraction of sp³-hybridized carbons (Fsp3) is 0.276. The number of carbonyl (C=O) groups excluding carboxylic acids is 1. The highest BCUT2D eigenvalue weighted by molar-refractivity contribution is 6.10. The van der Waals surface area contributed by atoms with E-state index in [1.165, 1.54) is 5.56 Å². The third-order valence-electron chi connectivity index (χ3n) is 7.03. The highest BCUT2D eigenvalue weighted by atomic mass is 16.5. The predicted octanol–water partition coefficient (Wildman–Crippen LogP) is 4.19. The molecule has 1 amide bonds. The minimum absolute atomic E-state index is 0.0000660. The number of aromatic amines is 1. The molecule has 1 saturated heterocycles. The zero-order valence-corrected chi connectivity index (χ0v) is 20.2. The fourth-order valence-electron chi connectivity index (χ4n) is 5.25. The summed E-state index contributed by atoms with van der Waals surface area (Å²) in [5.41, 5.74) is 9.75. The van der Waals surface area contributed by atoms with Crippen molar-refractivity contribution in [1.82, 2.24) is 20.6 Å². The Hall–Kier alpha value is -3.81. The number of hydrogen-bond acceptors (Lipinski definition) is 5. The van der Waals surface area contributed by atoms with E-state index in [0.29, 0.717) is 19.2 Å². The summed E-state index contributed by atoms with van der Waals surface area (Å²) in [6.07, 6.45) is 1.74. The lowest BCUT2D eigenvalue weighted by Gasteiger charge is -2.34. The van der Waals surface area contributed by atoms with Crippen molar-refractivity contribution in [2.75, 3.05) is 38.2 Å². The van der Waals surface area contributed by atoms with Crippen LogP contribution in [0, 0.1) is 0 Å². The zero-order valence-electron chi connectivity index (χ0n) is 20.2. The average Bonchev–Trinajstić information content (AvgIpc) is 3.19. The molecule has 36 heavy (non-hydrogen) atoms. The van der Waals surface area contributed by atoms with Gasteiger partial charge in [-0.1, -0.05) is 24.3 Å². The number of nitrogens with zero attached hydrogens (tertiary/aromatic N) is 1. The average molecular weight is 482 g/mol. The molecule has 1 unspecified atom stereocenters. The van der Waals surface area contributed by atoms with E-state index in [-0.39, 0.29) is 5.91 Å². The topological polar surface area (TPSA) is 81.4 Å². The molecule has 4 aromatic rings. The van der Waals surface area contributed by atoms with Crippen LogP contribution in [0.1, 0.15) is 22.3 Å². The summed E-state index contributed by atoms with van der Waals surface area (Å²) in [7, 11) is 0. The lowest BCUT2D eigenvalue weighted by Crippen LogP contribution is -2.52. The lowest BCUT2D eigenvalue weighted by molar-refractivity contribution is 0.0957. The molecular formula is C29H31N5O2. The van der Waals surface area contributed by atoms with E-state index in [9.17, 15) is 4.79 Å². The third kappa shape index (κ3) is 4.67. The number of aromatic nitrogens is 1. The van der Waals surface area contributed by atoms with Gasteiger partial charge in [-0.15, -0.1) is 0 Å². The number of benzene rings is 3. The predicted molar refractivity (Wildman–Crippen MR) is 143 cm³/mol. The van der Waals surface area contributed by atoms with Crippen molar-refractivity contribution < 1.29 is 9.53 Å². The molecule has 2 aliphatic heterocycles. The Bertz CT molecular complexity index is 1350. The van der Waals surface area contributed by atoms with Crippen LogP contribution in [-0.2, 0) is 6.42 Å². The summed E-state index contributed by atoms with van der Waals surface area (Å²) in [6.45, 7) is 4.15. The standard InChI is InChI=1S/C29H31N5O2/c35-29-25-7-4-8-26-27(25)24(13-15-31-29)28(32-26)20-9-11-23(12-10-20)36-18-14-22-19-34(17-16-30-22)33-21-5-2-1-3-6-21/h1-12,22,30,32-33H,13-19H2,(H,31,35). The normalized spacial score (nSPS) is 18.0. The van der Waals surface area contributed by atoms with Gasteiger partial charge in [0.2, 0.25) is 0 Å². The second-order valence-corrected chi connectivity index (χ2v) is 9.45. The van der Waals surface area contributed by atoms with Crippen LogP contribution in [0.2, 0.25) is 0 Å². The number of carbonyl (C=O) groups is 1. The third-order valence-corrected chi connectivity index (χ3v) is 7.03. The highest BCUT2D eigenvalue weighted by Gasteiger charge is 2.22. The number of ether oxygens (including phenoxy) is 1. The van der Waals surface area contributed by atoms with E-state index < -0.39 is 0 Å². The first-order valence-electron chi connectivity index (χ1n) is 12.7. The molecule has 7 heteroatoms. The molecule has 0 aliphatic carbocycles. The van der Waals surface area contributed by atoms with E-state index >= 15 is 0 Å². The number of para-hydroxylation sites is 1. The van der Waals surface area contributed by atoms with Gasteiger partial charge in [0.25, 0.3) is 5.91 Å². The number of nitrogens with one attached hydrogen (secondary N) is 4. The van der Waals surface area contributed by atoms with Gasteiger partial charge in [-0.3, -0.25) is 4.79 Å². The Balaban J connectivity index is 1.08. The number of anilines is 1. The smallest absolute Gasteiger partial charge is 0.251 e. The number of piperazine rings is 1. The fourth-order valence-corrected chi connectivity index (χ4v) is 5.25. The SMILES string of the molecule is O=C1NCCc2c(-c3ccc(OCCC4CN(Nc5ccccc5)CCN4)cc3)[nH]c3cccc1c23. The maximum atomic E-state index is 12.4. The quantitative estimate of drug-likeness (QED) is 0.318. The Morgan fingerprint density at radius 3 is 2.69 bits per heavy atom. The van der Waals surface area contributed by atoms with Crippen molar-refractivity contribution in [3.63, 3.8) is 0 Å². The van der Waals surface area contributed by atoms with Crippen molar-refractivity contribution in [3.8, 4) is 17.0 Å². The molecular weight excluding hydrogens is 450 g/mol. The van der Waals surface area contributed by atoms with E-state index in [1.54, 1.807) is 0 Å². The maximum Gasteiger partial charge on any atom is 0.251 e. The largest absolute Gasteiger partial charge is 0.494 e. The molecule has 3 heterocycles. The first-order valence-corrected chi connectivity index (χ1v) is 12.7. The number of hydrogen-bond donors (Lipinski definition) is 4. The molecule has 0 radical (unpaired) electrons. The van der Waals surface area contributed by atoms with Gasteiger partial charge in [-0.2, -0.15) is 0 Å². The zero-order chi connectivity index (χ0) is 24.3. The van der Waals surface area contributed by atoms with Crippen molar-refractivity contribution in [2.24, 2.45) is 0 Å². The highest BCUT2D eigenvalue weighted by Crippen LogP contribution is 2.34. The van der Waals surface area contributed by atoms with Crippen LogP contribution in [-0.4, -0.2) is 54.7 Å². The molecule has 0 spiro atoms. The molecule has 1 atom stereocenters. The maximum absolute atomic E-state index is 12.4. The van der Waals surface area contributed by atoms with Crippen molar-refractivity contribution in [3.05, 3.63) is 83.9 Å². The molecule has 2 aliphatic rings.